The molecular weight excluding hydrogens is 440 g/mol. The Morgan fingerprint density at radius 2 is 1.43 bits per heavy atom. The molecule has 0 fully saturated rings. The molecule has 0 aliphatic rings. The Labute approximate surface area is 159 Å². The van der Waals surface area contributed by atoms with E-state index in [4.69, 9.17) is 0 Å². The predicted octanol–water partition coefficient (Wildman–Crippen LogP) is 2.90. The molecule has 0 radical (unpaired) electrons. The van der Waals surface area contributed by atoms with Crippen LogP contribution in [0.5, 0.6) is 0 Å². The van der Waals surface area contributed by atoms with E-state index in [1.54, 1.807) is 0 Å². The summed E-state index contributed by atoms with van der Waals surface area (Å²) in [6.45, 7) is 3.34. The first-order chi connectivity index (χ1) is 12.5. The highest BCUT2D eigenvalue weighted by atomic mass is 32.3. The summed E-state index contributed by atoms with van der Waals surface area (Å²) in [6, 6.07) is 6.32. The molecule has 164 valence electrons. The predicted molar refractivity (Wildman–Crippen MR) is 89.2 cm³/mol. The third kappa shape index (κ3) is 7.79. The third-order valence-corrected chi connectivity index (χ3v) is 5.65. The zero-order valence-electron chi connectivity index (χ0n) is 15.0. The molecule has 1 aromatic rings. The standard InChI is InChI=1S/C11H19N2.C2F6NO4S2/c1-4-5-9-13-10-7-6-8-11(13)12(2)3;3-1(4,5)14(10,11)9-15(12,13)2(6,7)8/h6-8,10H,4-5,9H2,1-3H3;/q+1;-1. The van der Waals surface area contributed by atoms with Gasteiger partial charge in [0.1, 0.15) is 0 Å². The van der Waals surface area contributed by atoms with E-state index in [-0.39, 0.29) is 0 Å². The Morgan fingerprint density at radius 1 is 0.964 bits per heavy atom. The van der Waals surface area contributed by atoms with Gasteiger partial charge in [-0.3, -0.25) is 4.90 Å². The topological polar surface area (TPSA) is 89.5 Å². The second kappa shape index (κ2) is 9.73. The maximum absolute atomic E-state index is 11.4. The number of unbranched alkanes of at least 4 members (excludes halogenated alkanes) is 1. The molecule has 0 aromatic carbocycles. The SMILES string of the molecule is CCCC[n+]1ccccc1N(C)C.O=S(=O)([N-]S(=O)(=O)C(F)(F)F)C(F)(F)F. The van der Waals surface area contributed by atoms with E-state index >= 15 is 0 Å². The molecule has 1 rings (SSSR count). The van der Waals surface area contributed by atoms with Gasteiger partial charge < -0.3 is 4.13 Å². The molecule has 0 unspecified atom stereocenters. The third-order valence-electron chi connectivity index (χ3n) is 2.91. The number of hydrogen-bond donors (Lipinski definition) is 0. The monoisotopic (exact) mass is 459 g/mol. The molecule has 0 atom stereocenters. The zero-order valence-corrected chi connectivity index (χ0v) is 16.6. The summed E-state index contributed by atoms with van der Waals surface area (Å²) in [5.41, 5.74) is -12.4. The van der Waals surface area contributed by atoms with Gasteiger partial charge in [-0.1, -0.05) is 19.4 Å². The fourth-order valence-electron chi connectivity index (χ4n) is 1.60. The number of alkyl halides is 6. The Balaban J connectivity index is 0.000000525. The number of hydrogen-bond acceptors (Lipinski definition) is 5. The van der Waals surface area contributed by atoms with Gasteiger partial charge in [-0.25, -0.2) is 21.4 Å². The van der Waals surface area contributed by atoms with Crippen LogP contribution in [0.2, 0.25) is 0 Å². The summed E-state index contributed by atoms with van der Waals surface area (Å²) in [5.74, 6) is 1.27. The average molecular weight is 459 g/mol. The number of rotatable bonds is 6. The summed E-state index contributed by atoms with van der Waals surface area (Å²) >= 11 is 0. The molecule has 0 saturated heterocycles. The van der Waals surface area contributed by atoms with E-state index in [9.17, 15) is 43.2 Å². The van der Waals surface area contributed by atoms with Crippen molar-refractivity contribution in [2.75, 3.05) is 19.0 Å². The Bertz CT molecular complexity index is 795. The normalized spacial score (nSPS) is 12.9. The van der Waals surface area contributed by atoms with Gasteiger partial charge in [0.25, 0.3) is 5.82 Å². The summed E-state index contributed by atoms with van der Waals surface area (Å²) in [5, 5.41) is 0. The van der Waals surface area contributed by atoms with Crippen LogP contribution in [0.4, 0.5) is 32.2 Å². The van der Waals surface area contributed by atoms with Crippen LogP contribution in [0.1, 0.15) is 19.8 Å². The highest BCUT2D eigenvalue weighted by Crippen LogP contribution is 2.36. The first-order valence-corrected chi connectivity index (χ1v) is 10.4. The number of aryl methyl sites for hydroxylation is 1. The second-order valence-corrected chi connectivity index (χ2v) is 8.84. The van der Waals surface area contributed by atoms with Crippen molar-refractivity contribution >= 4 is 25.9 Å². The lowest BCUT2D eigenvalue weighted by Gasteiger charge is -2.22. The van der Waals surface area contributed by atoms with Crippen molar-refractivity contribution in [1.29, 1.82) is 0 Å². The van der Waals surface area contributed by atoms with Gasteiger partial charge in [-0.2, -0.15) is 26.3 Å². The Morgan fingerprint density at radius 3 is 1.79 bits per heavy atom. The van der Waals surface area contributed by atoms with Gasteiger partial charge in [-0.15, -0.1) is 0 Å². The average Bonchev–Trinajstić information content (AvgIpc) is 2.50. The van der Waals surface area contributed by atoms with Gasteiger partial charge in [0, 0.05) is 6.07 Å². The van der Waals surface area contributed by atoms with Crippen molar-refractivity contribution in [2.45, 2.75) is 37.3 Å². The van der Waals surface area contributed by atoms with Gasteiger partial charge in [0.2, 0.25) is 0 Å². The van der Waals surface area contributed by atoms with Crippen LogP contribution < -0.4 is 9.47 Å². The molecule has 15 heteroatoms. The van der Waals surface area contributed by atoms with Gasteiger partial charge in [-0.05, 0) is 12.5 Å². The highest BCUT2D eigenvalue weighted by molar-refractivity contribution is 8.13. The van der Waals surface area contributed by atoms with Crippen LogP contribution in [0.25, 0.3) is 4.13 Å². The molecule has 0 spiro atoms. The lowest BCUT2D eigenvalue weighted by molar-refractivity contribution is -0.685. The summed E-state index contributed by atoms with van der Waals surface area (Å²) in [6.07, 6.45) is 4.63. The number of pyridine rings is 1. The van der Waals surface area contributed by atoms with E-state index in [2.05, 4.69) is 54.9 Å². The van der Waals surface area contributed by atoms with Crippen LogP contribution in [0.3, 0.4) is 0 Å². The second-order valence-electron chi connectivity index (χ2n) is 5.42. The highest BCUT2D eigenvalue weighted by Gasteiger charge is 2.46. The minimum atomic E-state index is -6.72. The van der Waals surface area contributed by atoms with Gasteiger partial charge >= 0.3 is 11.0 Å². The summed E-state index contributed by atoms with van der Waals surface area (Å²) < 4.78 is 111. The molecule has 1 aromatic heterocycles. The summed E-state index contributed by atoms with van der Waals surface area (Å²) in [7, 11) is -9.28. The van der Waals surface area contributed by atoms with Crippen molar-refractivity contribution in [3.63, 3.8) is 0 Å². The molecule has 0 amide bonds. The van der Waals surface area contributed by atoms with Crippen LogP contribution in [-0.2, 0) is 26.6 Å². The Kier molecular flexibility index (Phi) is 9.17. The number of aromatic nitrogens is 1. The maximum Gasteiger partial charge on any atom is 0.480 e. The van der Waals surface area contributed by atoms with Crippen LogP contribution in [-0.4, -0.2) is 41.9 Å². The smallest absolute Gasteiger partial charge is 0.421 e. The number of sulfonamides is 2. The fourth-order valence-corrected chi connectivity index (χ4v) is 3.31. The first kappa shape index (κ1) is 26.4. The van der Waals surface area contributed by atoms with Crippen LogP contribution in [0, 0.1) is 0 Å². The van der Waals surface area contributed by atoms with Crippen LogP contribution in [0.15, 0.2) is 24.4 Å². The summed E-state index contributed by atoms with van der Waals surface area (Å²) in [4.78, 5) is 2.15. The van der Waals surface area contributed by atoms with Crippen molar-refractivity contribution in [2.24, 2.45) is 0 Å². The quantitative estimate of drug-likeness (QED) is 0.482. The lowest BCUT2D eigenvalue weighted by Crippen LogP contribution is -2.39. The first-order valence-electron chi connectivity index (χ1n) is 7.49. The van der Waals surface area contributed by atoms with E-state index < -0.39 is 31.1 Å². The molecule has 0 bridgehead atoms. The number of nitrogens with zero attached hydrogens (tertiary/aromatic N) is 3. The fraction of sp³-hybridized carbons (Fsp3) is 0.615. The zero-order chi connectivity index (χ0) is 22.4. The van der Waals surface area contributed by atoms with E-state index in [1.807, 2.05) is 0 Å². The maximum atomic E-state index is 11.4. The molecule has 0 aliphatic carbocycles. The molecule has 0 N–H and O–H groups in total. The van der Waals surface area contributed by atoms with Crippen LogP contribution >= 0.6 is 0 Å². The van der Waals surface area contributed by atoms with Gasteiger partial charge in [0.05, 0.1) is 26.8 Å². The molecule has 1 heterocycles. The molecule has 7 nitrogen and oxygen atoms in total. The van der Waals surface area contributed by atoms with Crippen molar-refractivity contribution in [3.8, 4) is 0 Å². The van der Waals surface area contributed by atoms with E-state index in [1.165, 1.54) is 18.7 Å². The largest absolute Gasteiger partial charge is 0.480 e. The van der Waals surface area contributed by atoms with Crippen molar-refractivity contribution in [3.05, 3.63) is 28.5 Å². The number of anilines is 1. The van der Waals surface area contributed by atoms with E-state index in [0.717, 1.165) is 10.7 Å². The molecule has 0 saturated carbocycles. The molecular formula is C13H19F6N3O4S2. The Hall–Kier alpha value is -1.61. The van der Waals surface area contributed by atoms with Crippen molar-refractivity contribution in [1.82, 2.24) is 0 Å². The van der Waals surface area contributed by atoms with E-state index in [0.29, 0.717) is 0 Å². The van der Waals surface area contributed by atoms with Gasteiger partial charge in [0.15, 0.2) is 20.0 Å². The van der Waals surface area contributed by atoms with Crippen molar-refractivity contribution < 1.29 is 47.7 Å². The molecule has 28 heavy (non-hydrogen) atoms. The molecule has 0 aliphatic heterocycles. The minimum absolute atomic E-state index is 0.778. The minimum Gasteiger partial charge on any atom is -0.421 e. The number of halogens is 6. The lowest BCUT2D eigenvalue weighted by atomic mass is 10.3.